The van der Waals surface area contributed by atoms with Gasteiger partial charge in [-0.2, -0.15) is 0 Å². The summed E-state index contributed by atoms with van der Waals surface area (Å²) in [6.07, 6.45) is 3.62. The van der Waals surface area contributed by atoms with E-state index in [1.807, 2.05) is 24.5 Å². The first-order valence-corrected chi connectivity index (χ1v) is 8.66. The lowest BCUT2D eigenvalue weighted by Crippen LogP contribution is -2.15. The zero-order chi connectivity index (χ0) is 20.3. The Morgan fingerprint density at radius 2 is 1.82 bits per heavy atom. The molecule has 1 aromatic heterocycles. The highest BCUT2D eigenvalue weighted by Gasteiger charge is 2.18. The summed E-state index contributed by atoms with van der Waals surface area (Å²) < 4.78 is 21.2. The summed E-state index contributed by atoms with van der Waals surface area (Å²) in [6, 6.07) is 10.7. The molecule has 3 rings (SSSR count). The summed E-state index contributed by atoms with van der Waals surface area (Å²) in [4.78, 5) is 23.9. The molecule has 0 bridgehead atoms. The molecule has 0 radical (unpaired) electrons. The second kappa shape index (κ2) is 8.14. The number of rotatable bonds is 5. The molecule has 28 heavy (non-hydrogen) atoms. The number of hydrogen-bond acceptors (Lipinski definition) is 3. The van der Waals surface area contributed by atoms with Gasteiger partial charge in [-0.25, -0.2) is 4.39 Å². The molecule has 0 aliphatic rings. The molecule has 0 saturated heterocycles. The van der Waals surface area contributed by atoms with Crippen molar-refractivity contribution in [2.75, 3.05) is 17.7 Å². The van der Waals surface area contributed by atoms with Gasteiger partial charge in [0.05, 0.1) is 29.1 Å². The molecule has 0 fully saturated rings. The van der Waals surface area contributed by atoms with E-state index in [0.717, 1.165) is 6.07 Å². The van der Waals surface area contributed by atoms with E-state index < -0.39 is 11.7 Å². The van der Waals surface area contributed by atoms with Crippen molar-refractivity contribution in [3.05, 3.63) is 71.3 Å². The second-order valence-corrected chi connectivity index (χ2v) is 6.33. The van der Waals surface area contributed by atoms with E-state index in [4.69, 9.17) is 16.3 Å². The lowest BCUT2D eigenvalue weighted by molar-refractivity contribution is -0.114. The molecule has 2 aromatic carbocycles. The third kappa shape index (κ3) is 4.15. The summed E-state index contributed by atoms with van der Waals surface area (Å²) >= 11 is 6.33. The van der Waals surface area contributed by atoms with Gasteiger partial charge in [0.15, 0.2) is 0 Å². The van der Waals surface area contributed by atoms with Crippen molar-refractivity contribution in [2.45, 2.75) is 6.92 Å². The SMILES string of the molecule is COc1cc(-n2cccc2)c(Cl)cc1C(=O)Nc1cc(NC(C)=O)ccc1F. The summed E-state index contributed by atoms with van der Waals surface area (Å²) in [5, 5.41) is 5.35. The quantitative estimate of drug-likeness (QED) is 0.661. The van der Waals surface area contributed by atoms with E-state index in [-0.39, 0.29) is 22.9 Å². The highest BCUT2D eigenvalue weighted by molar-refractivity contribution is 6.33. The number of amides is 2. The minimum Gasteiger partial charge on any atom is -0.496 e. The molecule has 6 nitrogen and oxygen atoms in total. The Hall–Kier alpha value is -3.32. The molecular weight excluding hydrogens is 385 g/mol. The van der Waals surface area contributed by atoms with Gasteiger partial charge in [-0.15, -0.1) is 0 Å². The fourth-order valence-corrected chi connectivity index (χ4v) is 2.93. The minimum absolute atomic E-state index is 0.0797. The molecule has 0 spiro atoms. The maximum absolute atomic E-state index is 14.1. The van der Waals surface area contributed by atoms with E-state index in [9.17, 15) is 14.0 Å². The number of methoxy groups -OCH3 is 1. The molecular formula is C20H17ClFN3O3. The normalized spacial score (nSPS) is 10.4. The van der Waals surface area contributed by atoms with Crippen molar-refractivity contribution in [3.63, 3.8) is 0 Å². The zero-order valence-corrected chi connectivity index (χ0v) is 15.9. The molecule has 8 heteroatoms. The third-order valence-electron chi connectivity index (χ3n) is 3.93. The molecule has 144 valence electrons. The van der Waals surface area contributed by atoms with Crippen LogP contribution in [0.4, 0.5) is 15.8 Å². The number of halogens is 2. The van der Waals surface area contributed by atoms with Crippen LogP contribution in [0.2, 0.25) is 5.02 Å². The Labute approximate surface area is 165 Å². The van der Waals surface area contributed by atoms with Crippen molar-refractivity contribution in [1.82, 2.24) is 4.57 Å². The maximum Gasteiger partial charge on any atom is 0.259 e. The minimum atomic E-state index is -0.642. The Balaban J connectivity index is 1.93. The lowest BCUT2D eigenvalue weighted by Gasteiger charge is -2.14. The van der Waals surface area contributed by atoms with Gasteiger partial charge >= 0.3 is 0 Å². The molecule has 2 amide bonds. The lowest BCUT2D eigenvalue weighted by atomic mass is 10.1. The Morgan fingerprint density at radius 1 is 1.11 bits per heavy atom. The monoisotopic (exact) mass is 401 g/mol. The van der Waals surface area contributed by atoms with Crippen LogP contribution in [0.3, 0.4) is 0 Å². The van der Waals surface area contributed by atoms with Crippen molar-refractivity contribution in [3.8, 4) is 11.4 Å². The molecule has 0 unspecified atom stereocenters. The molecule has 2 N–H and O–H groups in total. The van der Waals surface area contributed by atoms with Crippen molar-refractivity contribution in [2.24, 2.45) is 0 Å². The number of anilines is 2. The smallest absolute Gasteiger partial charge is 0.259 e. The van der Waals surface area contributed by atoms with Crippen LogP contribution >= 0.6 is 11.6 Å². The largest absolute Gasteiger partial charge is 0.496 e. The highest BCUT2D eigenvalue weighted by Crippen LogP contribution is 2.31. The molecule has 0 aliphatic heterocycles. The van der Waals surface area contributed by atoms with Crippen molar-refractivity contribution < 1.29 is 18.7 Å². The van der Waals surface area contributed by atoms with Crippen molar-refractivity contribution >= 4 is 34.8 Å². The van der Waals surface area contributed by atoms with E-state index in [1.165, 1.54) is 32.2 Å². The number of hydrogen-bond donors (Lipinski definition) is 2. The fraction of sp³-hybridized carbons (Fsp3) is 0.100. The van der Waals surface area contributed by atoms with E-state index >= 15 is 0 Å². The number of nitrogens with one attached hydrogen (secondary N) is 2. The van der Waals surface area contributed by atoms with Crippen LogP contribution in [0.15, 0.2) is 54.9 Å². The van der Waals surface area contributed by atoms with Gasteiger partial charge in [0.25, 0.3) is 5.91 Å². The van der Waals surface area contributed by atoms with Crippen LogP contribution in [0, 0.1) is 5.82 Å². The highest BCUT2D eigenvalue weighted by atomic mass is 35.5. The summed E-state index contributed by atoms with van der Waals surface area (Å²) in [5.41, 5.74) is 1.06. The van der Waals surface area contributed by atoms with Crippen LogP contribution in [0.1, 0.15) is 17.3 Å². The Kier molecular flexibility index (Phi) is 5.65. The van der Waals surface area contributed by atoms with E-state index in [0.29, 0.717) is 16.4 Å². The van der Waals surface area contributed by atoms with Gasteiger partial charge in [-0.3, -0.25) is 9.59 Å². The maximum atomic E-state index is 14.1. The van der Waals surface area contributed by atoms with Crippen LogP contribution in [0.5, 0.6) is 5.75 Å². The molecule has 0 atom stereocenters. The number of carbonyl (C=O) groups excluding carboxylic acids is 2. The summed E-state index contributed by atoms with van der Waals surface area (Å²) in [7, 11) is 1.43. The zero-order valence-electron chi connectivity index (χ0n) is 15.1. The van der Waals surface area contributed by atoms with Gasteiger partial charge in [-0.1, -0.05) is 11.6 Å². The fourth-order valence-electron chi connectivity index (χ4n) is 2.67. The van der Waals surface area contributed by atoms with Crippen LogP contribution in [-0.4, -0.2) is 23.5 Å². The first-order chi connectivity index (χ1) is 13.4. The molecule has 0 saturated carbocycles. The Morgan fingerprint density at radius 3 is 2.46 bits per heavy atom. The number of nitrogens with zero attached hydrogens (tertiary/aromatic N) is 1. The summed E-state index contributed by atoms with van der Waals surface area (Å²) in [6.45, 7) is 1.33. The van der Waals surface area contributed by atoms with Crippen LogP contribution in [-0.2, 0) is 4.79 Å². The number of carbonyl (C=O) groups is 2. The van der Waals surface area contributed by atoms with Crippen molar-refractivity contribution in [1.29, 1.82) is 0 Å². The number of aromatic nitrogens is 1. The average molecular weight is 402 g/mol. The summed E-state index contributed by atoms with van der Waals surface area (Å²) in [5.74, 6) is -1.27. The predicted molar refractivity (Wildman–Crippen MR) is 106 cm³/mol. The average Bonchev–Trinajstić information content (AvgIpc) is 3.18. The topological polar surface area (TPSA) is 72.4 Å². The number of ether oxygens (including phenoxy) is 1. The van der Waals surface area contributed by atoms with Gasteiger partial charge in [-0.05, 0) is 36.4 Å². The first kappa shape index (κ1) is 19.4. The molecule has 3 aromatic rings. The number of benzene rings is 2. The third-order valence-corrected chi connectivity index (χ3v) is 4.23. The Bertz CT molecular complexity index is 1040. The second-order valence-electron chi connectivity index (χ2n) is 5.92. The van der Waals surface area contributed by atoms with Crippen LogP contribution < -0.4 is 15.4 Å². The van der Waals surface area contributed by atoms with E-state index in [1.54, 1.807) is 10.6 Å². The predicted octanol–water partition coefficient (Wildman–Crippen LogP) is 4.49. The van der Waals surface area contributed by atoms with Crippen LogP contribution in [0.25, 0.3) is 5.69 Å². The molecule has 0 aliphatic carbocycles. The standard InChI is InChI=1S/C20H17ClFN3O3/c1-12(26)23-13-5-6-16(22)17(9-13)24-20(27)14-10-15(21)18(11-19(14)28-2)25-7-3-4-8-25/h3-11H,1-2H3,(H,23,26)(H,24,27). The van der Waals surface area contributed by atoms with E-state index in [2.05, 4.69) is 10.6 Å². The molecule has 1 heterocycles. The van der Waals surface area contributed by atoms with Gasteiger partial charge in [0.1, 0.15) is 11.6 Å². The van der Waals surface area contributed by atoms with Gasteiger partial charge in [0, 0.05) is 31.1 Å². The first-order valence-electron chi connectivity index (χ1n) is 8.28. The van der Waals surface area contributed by atoms with Gasteiger partial charge in [0.2, 0.25) is 5.91 Å². The van der Waals surface area contributed by atoms with Gasteiger partial charge < -0.3 is 19.9 Å².